The molecule has 0 unspecified atom stereocenters. The maximum Gasteiger partial charge on any atom is 0.133 e. The normalized spacial score (nSPS) is 10.1. The Morgan fingerprint density at radius 3 is 2.85 bits per heavy atom. The minimum atomic E-state index is -0.280. The van der Waals surface area contributed by atoms with Gasteiger partial charge in [0.2, 0.25) is 0 Å². The minimum Gasteiger partial charge on any atom is -0.492 e. The molecule has 2 N–H and O–H groups in total. The first-order chi connectivity index (χ1) is 6.24. The largest absolute Gasteiger partial charge is 0.492 e. The fourth-order valence-electron chi connectivity index (χ4n) is 0.858. The number of ether oxygens (including phenoxy) is 1. The zero-order valence-electron chi connectivity index (χ0n) is 7.09. The number of halogens is 2. The highest BCUT2D eigenvalue weighted by molar-refractivity contribution is 9.10. The van der Waals surface area contributed by atoms with E-state index >= 15 is 0 Å². The first-order valence-electron chi connectivity index (χ1n) is 4.02. The van der Waals surface area contributed by atoms with E-state index in [0.29, 0.717) is 23.4 Å². The van der Waals surface area contributed by atoms with Gasteiger partial charge >= 0.3 is 0 Å². The Bertz CT molecular complexity index is 280. The number of benzene rings is 1. The number of nitrogens with two attached hydrogens (primary N) is 1. The fourth-order valence-corrected chi connectivity index (χ4v) is 1.32. The third kappa shape index (κ3) is 3.32. The number of hydrogen-bond donors (Lipinski definition) is 1. The smallest absolute Gasteiger partial charge is 0.133 e. The molecular weight excluding hydrogens is 237 g/mol. The van der Waals surface area contributed by atoms with Crippen molar-refractivity contribution in [1.82, 2.24) is 0 Å². The Balaban J connectivity index is 2.56. The zero-order chi connectivity index (χ0) is 9.68. The van der Waals surface area contributed by atoms with Crippen LogP contribution in [-0.2, 0) is 0 Å². The van der Waals surface area contributed by atoms with E-state index in [4.69, 9.17) is 10.5 Å². The van der Waals surface area contributed by atoms with Crippen LogP contribution >= 0.6 is 15.9 Å². The maximum absolute atomic E-state index is 12.6. The molecule has 1 rings (SSSR count). The topological polar surface area (TPSA) is 35.2 Å². The van der Waals surface area contributed by atoms with Crippen LogP contribution in [0.5, 0.6) is 5.75 Å². The van der Waals surface area contributed by atoms with Crippen LogP contribution in [-0.4, -0.2) is 13.2 Å². The maximum atomic E-state index is 12.6. The highest BCUT2D eigenvalue weighted by Crippen LogP contribution is 2.25. The predicted molar refractivity (Wildman–Crippen MR) is 53.3 cm³/mol. The van der Waals surface area contributed by atoms with Gasteiger partial charge in [-0.2, -0.15) is 0 Å². The van der Waals surface area contributed by atoms with Gasteiger partial charge in [-0.3, -0.25) is 0 Å². The zero-order valence-corrected chi connectivity index (χ0v) is 8.68. The summed E-state index contributed by atoms with van der Waals surface area (Å²) in [6.45, 7) is 1.15. The molecule has 1 aromatic rings. The molecular formula is C9H11BrFNO. The van der Waals surface area contributed by atoms with Crippen LogP contribution in [0.1, 0.15) is 6.42 Å². The van der Waals surface area contributed by atoms with Crippen molar-refractivity contribution in [3.63, 3.8) is 0 Å². The lowest BCUT2D eigenvalue weighted by Gasteiger charge is -2.06. The molecule has 2 nitrogen and oxygen atoms in total. The van der Waals surface area contributed by atoms with E-state index < -0.39 is 0 Å². The van der Waals surface area contributed by atoms with E-state index in [0.717, 1.165) is 6.42 Å². The van der Waals surface area contributed by atoms with Gasteiger partial charge in [-0.25, -0.2) is 4.39 Å². The van der Waals surface area contributed by atoms with Crippen molar-refractivity contribution in [3.05, 3.63) is 28.5 Å². The van der Waals surface area contributed by atoms with Crippen LogP contribution in [0.15, 0.2) is 22.7 Å². The summed E-state index contributed by atoms with van der Waals surface area (Å²) in [7, 11) is 0. The van der Waals surface area contributed by atoms with Crippen LogP contribution in [0, 0.1) is 5.82 Å². The fraction of sp³-hybridized carbons (Fsp3) is 0.333. The highest BCUT2D eigenvalue weighted by Gasteiger charge is 2.01. The molecule has 72 valence electrons. The van der Waals surface area contributed by atoms with Crippen molar-refractivity contribution in [2.45, 2.75) is 6.42 Å². The van der Waals surface area contributed by atoms with Crippen LogP contribution in [0.2, 0.25) is 0 Å². The molecule has 13 heavy (non-hydrogen) atoms. The summed E-state index contributed by atoms with van der Waals surface area (Å²) < 4.78 is 18.6. The molecule has 0 fully saturated rings. The summed E-state index contributed by atoms with van der Waals surface area (Å²) in [5.41, 5.74) is 5.30. The number of hydrogen-bond acceptors (Lipinski definition) is 2. The van der Waals surface area contributed by atoms with E-state index in [9.17, 15) is 4.39 Å². The standard InChI is InChI=1S/C9H11BrFNO/c10-8-6-7(11)2-3-9(8)13-5-1-4-12/h2-3,6H,1,4-5,12H2. The van der Waals surface area contributed by atoms with Gasteiger partial charge in [-0.05, 0) is 47.1 Å². The Morgan fingerprint density at radius 2 is 2.23 bits per heavy atom. The Kier molecular flexibility index (Phi) is 4.18. The summed E-state index contributed by atoms with van der Waals surface area (Å²) >= 11 is 3.20. The molecule has 0 aliphatic carbocycles. The lowest BCUT2D eigenvalue weighted by atomic mass is 10.3. The van der Waals surface area contributed by atoms with Gasteiger partial charge < -0.3 is 10.5 Å². The number of rotatable bonds is 4. The molecule has 0 bridgehead atoms. The molecule has 0 spiro atoms. The van der Waals surface area contributed by atoms with Crippen LogP contribution in [0.4, 0.5) is 4.39 Å². The molecule has 4 heteroatoms. The van der Waals surface area contributed by atoms with E-state index in [1.165, 1.54) is 12.1 Å². The highest BCUT2D eigenvalue weighted by atomic mass is 79.9. The Labute approximate surface area is 85.0 Å². The summed E-state index contributed by atoms with van der Waals surface area (Å²) in [4.78, 5) is 0. The van der Waals surface area contributed by atoms with Gasteiger partial charge in [-0.15, -0.1) is 0 Å². The average Bonchev–Trinajstić information content (AvgIpc) is 2.09. The second-order valence-corrected chi connectivity index (χ2v) is 3.42. The van der Waals surface area contributed by atoms with Crippen molar-refractivity contribution >= 4 is 15.9 Å². The van der Waals surface area contributed by atoms with Gasteiger partial charge in [0.25, 0.3) is 0 Å². The Morgan fingerprint density at radius 1 is 1.46 bits per heavy atom. The third-order valence-electron chi connectivity index (χ3n) is 1.50. The van der Waals surface area contributed by atoms with Gasteiger partial charge in [0.05, 0.1) is 11.1 Å². The molecule has 0 saturated heterocycles. The summed E-state index contributed by atoms with van der Waals surface area (Å²) in [5.74, 6) is 0.368. The SMILES string of the molecule is NCCCOc1ccc(F)cc1Br. The van der Waals surface area contributed by atoms with Crippen molar-refractivity contribution in [2.75, 3.05) is 13.2 Å². The first-order valence-corrected chi connectivity index (χ1v) is 4.81. The van der Waals surface area contributed by atoms with E-state index in [1.54, 1.807) is 6.07 Å². The van der Waals surface area contributed by atoms with Crippen molar-refractivity contribution < 1.29 is 9.13 Å². The van der Waals surface area contributed by atoms with Crippen LogP contribution in [0.3, 0.4) is 0 Å². The molecule has 0 aliphatic heterocycles. The molecule has 0 aliphatic rings. The van der Waals surface area contributed by atoms with Crippen molar-refractivity contribution in [3.8, 4) is 5.75 Å². The molecule has 0 aromatic heterocycles. The van der Waals surface area contributed by atoms with Gasteiger partial charge in [0.1, 0.15) is 11.6 Å². The first kappa shape index (κ1) is 10.5. The summed E-state index contributed by atoms with van der Waals surface area (Å²) in [5, 5.41) is 0. The second kappa shape index (κ2) is 5.19. The molecule has 0 radical (unpaired) electrons. The Hall–Kier alpha value is -0.610. The molecule has 0 saturated carbocycles. The van der Waals surface area contributed by atoms with Crippen molar-refractivity contribution in [2.24, 2.45) is 5.73 Å². The summed E-state index contributed by atoms with van der Waals surface area (Å²) in [6, 6.07) is 4.33. The molecule has 0 atom stereocenters. The van der Waals surface area contributed by atoms with Crippen LogP contribution < -0.4 is 10.5 Å². The van der Waals surface area contributed by atoms with Crippen molar-refractivity contribution in [1.29, 1.82) is 0 Å². The molecule has 0 amide bonds. The second-order valence-electron chi connectivity index (χ2n) is 2.57. The predicted octanol–water partition coefficient (Wildman–Crippen LogP) is 2.32. The lowest BCUT2D eigenvalue weighted by Crippen LogP contribution is -2.06. The van der Waals surface area contributed by atoms with Crippen LogP contribution in [0.25, 0.3) is 0 Å². The third-order valence-corrected chi connectivity index (χ3v) is 2.12. The van der Waals surface area contributed by atoms with E-state index in [2.05, 4.69) is 15.9 Å². The van der Waals surface area contributed by atoms with Gasteiger partial charge in [0.15, 0.2) is 0 Å². The summed E-state index contributed by atoms with van der Waals surface area (Å²) in [6.07, 6.45) is 0.795. The lowest BCUT2D eigenvalue weighted by molar-refractivity contribution is 0.311. The molecule has 0 heterocycles. The monoisotopic (exact) mass is 247 g/mol. The molecule has 1 aromatic carbocycles. The minimum absolute atomic E-state index is 0.280. The average molecular weight is 248 g/mol. The van der Waals surface area contributed by atoms with Gasteiger partial charge in [-0.1, -0.05) is 0 Å². The quantitative estimate of drug-likeness (QED) is 0.830. The van der Waals surface area contributed by atoms with E-state index in [-0.39, 0.29) is 5.82 Å². The van der Waals surface area contributed by atoms with Gasteiger partial charge in [0, 0.05) is 0 Å². The van der Waals surface area contributed by atoms with E-state index in [1.807, 2.05) is 0 Å².